The van der Waals surface area contributed by atoms with Gasteiger partial charge in [-0.3, -0.25) is 0 Å². The Hall–Kier alpha value is -2.79. The smallest absolute Gasteiger partial charge is 0.333 e. The van der Waals surface area contributed by atoms with Gasteiger partial charge < -0.3 is 18.9 Å². The van der Waals surface area contributed by atoms with Gasteiger partial charge in [0.2, 0.25) is 0 Å². The molecule has 1 aliphatic rings. The van der Waals surface area contributed by atoms with Crippen molar-refractivity contribution in [3.05, 3.63) is 71.3 Å². The molecular weight excluding hydrogens is 392 g/mol. The van der Waals surface area contributed by atoms with Gasteiger partial charge in [-0.15, -0.1) is 0 Å². The molecule has 0 aromatic heterocycles. The van der Waals surface area contributed by atoms with Crippen LogP contribution in [0.1, 0.15) is 37.5 Å². The molecule has 3 atom stereocenters. The first-order valence-corrected chi connectivity index (χ1v) is 10.7. The maximum absolute atomic E-state index is 12.1. The van der Waals surface area contributed by atoms with Gasteiger partial charge in [-0.25, -0.2) is 4.79 Å². The molecule has 5 heteroatoms. The highest BCUT2D eigenvalue weighted by Crippen LogP contribution is 2.44. The van der Waals surface area contributed by atoms with E-state index in [1.54, 1.807) is 27.2 Å². The zero-order valence-corrected chi connectivity index (χ0v) is 18.8. The first-order chi connectivity index (χ1) is 15.1. The van der Waals surface area contributed by atoms with E-state index in [0.717, 1.165) is 18.4 Å². The Bertz CT molecular complexity index is 890. The summed E-state index contributed by atoms with van der Waals surface area (Å²) < 4.78 is 22.7. The normalized spacial score (nSPS) is 21.0. The Morgan fingerprint density at radius 1 is 1.10 bits per heavy atom. The SMILES string of the molecule is C/C=C(/C)C(=O)OCC[C@H]1[C@@H](Cc2ccccc2)CO[C@@H]1c1ccc(OC)c(OC)c1. The Kier molecular flexibility index (Phi) is 8.13. The minimum atomic E-state index is -0.260. The lowest BCUT2D eigenvalue weighted by atomic mass is 9.82. The first-order valence-electron chi connectivity index (χ1n) is 10.7. The summed E-state index contributed by atoms with van der Waals surface area (Å²) in [5.74, 6) is 1.67. The molecule has 0 saturated carbocycles. The van der Waals surface area contributed by atoms with Crippen LogP contribution in [0.2, 0.25) is 0 Å². The summed E-state index contributed by atoms with van der Waals surface area (Å²) in [6, 6.07) is 16.4. The van der Waals surface area contributed by atoms with Crippen LogP contribution in [0, 0.1) is 11.8 Å². The van der Waals surface area contributed by atoms with Crippen molar-refractivity contribution in [1.29, 1.82) is 0 Å². The van der Waals surface area contributed by atoms with Crippen molar-refractivity contribution in [2.75, 3.05) is 27.4 Å². The van der Waals surface area contributed by atoms with E-state index >= 15 is 0 Å². The standard InChI is InChI=1S/C26H32O5/c1-5-18(2)26(27)30-14-13-22-21(15-19-9-7-6-8-10-19)17-31-25(22)20-11-12-23(28-3)24(16-20)29-4/h5-12,16,21-22,25H,13-15,17H2,1-4H3/b18-5-/t21-,22-,25+/m0/s1. The second kappa shape index (κ2) is 11.0. The molecule has 1 heterocycles. The molecule has 0 spiro atoms. The van der Waals surface area contributed by atoms with Crippen LogP contribution in [0.4, 0.5) is 0 Å². The number of carbonyl (C=O) groups is 1. The molecular formula is C26H32O5. The number of carbonyl (C=O) groups excluding carboxylic acids is 1. The molecule has 3 rings (SSSR count). The average Bonchev–Trinajstić information content (AvgIpc) is 3.20. The highest BCUT2D eigenvalue weighted by molar-refractivity contribution is 5.87. The number of methoxy groups -OCH3 is 2. The zero-order chi connectivity index (χ0) is 22.2. The van der Waals surface area contributed by atoms with Crippen LogP contribution in [-0.4, -0.2) is 33.4 Å². The molecule has 0 radical (unpaired) electrons. The van der Waals surface area contributed by atoms with E-state index in [4.69, 9.17) is 18.9 Å². The summed E-state index contributed by atoms with van der Waals surface area (Å²) in [6.07, 6.45) is 3.34. The van der Waals surface area contributed by atoms with Crippen LogP contribution in [0.15, 0.2) is 60.2 Å². The minimum absolute atomic E-state index is 0.0879. The molecule has 0 amide bonds. The maximum atomic E-state index is 12.1. The topological polar surface area (TPSA) is 54.0 Å². The molecule has 0 unspecified atom stereocenters. The maximum Gasteiger partial charge on any atom is 0.333 e. The molecule has 2 aromatic rings. The summed E-state index contributed by atoms with van der Waals surface area (Å²) in [5.41, 5.74) is 2.96. The van der Waals surface area contributed by atoms with Gasteiger partial charge in [0.25, 0.3) is 0 Å². The van der Waals surface area contributed by atoms with Crippen molar-refractivity contribution in [2.24, 2.45) is 11.8 Å². The summed E-state index contributed by atoms with van der Waals surface area (Å²) in [4.78, 5) is 12.1. The van der Waals surface area contributed by atoms with Gasteiger partial charge >= 0.3 is 5.97 Å². The van der Waals surface area contributed by atoms with E-state index in [0.29, 0.717) is 36.2 Å². The Balaban J connectivity index is 1.79. The second-order valence-electron chi connectivity index (χ2n) is 7.88. The fourth-order valence-corrected chi connectivity index (χ4v) is 4.13. The van der Waals surface area contributed by atoms with Gasteiger partial charge in [-0.05, 0) is 61.8 Å². The molecule has 31 heavy (non-hydrogen) atoms. The van der Waals surface area contributed by atoms with Crippen LogP contribution in [0.3, 0.4) is 0 Å². The monoisotopic (exact) mass is 424 g/mol. The molecule has 1 fully saturated rings. The Morgan fingerprint density at radius 2 is 1.84 bits per heavy atom. The Morgan fingerprint density at radius 3 is 2.52 bits per heavy atom. The van der Waals surface area contributed by atoms with E-state index < -0.39 is 0 Å². The van der Waals surface area contributed by atoms with E-state index in [1.807, 2.05) is 31.2 Å². The van der Waals surface area contributed by atoms with Crippen molar-refractivity contribution in [1.82, 2.24) is 0 Å². The van der Waals surface area contributed by atoms with Gasteiger partial charge in [-0.1, -0.05) is 42.5 Å². The number of ether oxygens (including phenoxy) is 4. The van der Waals surface area contributed by atoms with E-state index in [9.17, 15) is 4.79 Å². The zero-order valence-electron chi connectivity index (χ0n) is 18.8. The molecule has 1 saturated heterocycles. The van der Waals surface area contributed by atoms with Crippen molar-refractivity contribution < 1.29 is 23.7 Å². The largest absolute Gasteiger partial charge is 0.493 e. The van der Waals surface area contributed by atoms with Crippen LogP contribution < -0.4 is 9.47 Å². The van der Waals surface area contributed by atoms with Crippen molar-refractivity contribution in [3.8, 4) is 11.5 Å². The molecule has 1 aliphatic heterocycles. The molecule has 2 aromatic carbocycles. The first kappa shape index (κ1) is 22.9. The molecule has 0 bridgehead atoms. The number of rotatable bonds is 9. The van der Waals surface area contributed by atoms with E-state index in [2.05, 4.69) is 24.3 Å². The number of allylic oxidation sites excluding steroid dienone is 1. The second-order valence-corrected chi connectivity index (χ2v) is 7.88. The fraction of sp³-hybridized carbons (Fsp3) is 0.423. The third kappa shape index (κ3) is 5.67. The van der Waals surface area contributed by atoms with Gasteiger partial charge in [0, 0.05) is 5.57 Å². The predicted molar refractivity (Wildman–Crippen MR) is 120 cm³/mol. The minimum Gasteiger partial charge on any atom is -0.493 e. The van der Waals surface area contributed by atoms with Crippen LogP contribution in [0.25, 0.3) is 0 Å². The van der Waals surface area contributed by atoms with Gasteiger partial charge in [0.05, 0.1) is 33.5 Å². The molecule has 5 nitrogen and oxygen atoms in total. The van der Waals surface area contributed by atoms with Crippen molar-refractivity contribution >= 4 is 5.97 Å². The van der Waals surface area contributed by atoms with Crippen LogP contribution in [0.5, 0.6) is 11.5 Å². The predicted octanol–water partition coefficient (Wildman–Crippen LogP) is 5.15. The average molecular weight is 425 g/mol. The highest BCUT2D eigenvalue weighted by atomic mass is 16.5. The lowest BCUT2D eigenvalue weighted by Gasteiger charge is -2.24. The van der Waals surface area contributed by atoms with Gasteiger partial charge in [-0.2, -0.15) is 0 Å². The summed E-state index contributed by atoms with van der Waals surface area (Å²) >= 11 is 0. The van der Waals surface area contributed by atoms with E-state index in [-0.39, 0.29) is 18.0 Å². The number of hydrogen-bond donors (Lipinski definition) is 0. The number of benzene rings is 2. The molecule has 0 N–H and O–H groups in total. The van der Waals surface area contributed by atoms with Gasteiger partial charge in [0.15, 0.2) is 11.5 Å². The summed E-state index contributed by atoms with van der Waals surface area (Å²) in [6.45, 7) is 4.64. The molecule has 0 aliphatic carbocycles. The van der Waals surface area contributed by atoms with Crippen molar-refractivity contribution in [2.45, 2.75) is 32.8 Å². The van der Waals surface area contributed by atoms with Crippen LogP contribution >= 0.6 is 0 Å². The summed E-state index contributed by atoms with van der Waals surface area (Å²) in [5, 5.41) is 0. The lowest BCUT2D eigenvalue weighted by Crippen LogP contribution is -2.20. The number of hydrogen-bond acceptors (Lipinski definition) is 5. The highest BCUT2D eigenvalue weighted by Gasteiger charge is 2.38. The third-order valence-electron chi connectivity index (χ3n) is 6.00. The summed E-state index contributed by atoms with van der Waals surface area (Å²) in [7, 11) is 3.26. The van der Waals surface area contributed by atoms with Crippen LogP contribution in [-0.2, 0) is 20.7 Å². The fourth-order valence-electron chi connectivity index (χ4n) is 4.13. The lowest BCUT2D eigenvalue weighted by molar-refractivity contribution is -0.139. The van der Waals surface area contributed by atoms with Gasteiger partial charge in [0.1, 0.15) is 0 Å². The quantitative estimate of drug-likeness (QED) is 0.412. The Labute approximate surface area is 185 Å². The number of esters is 1. The van der Waals surface area contributed by atoms with E-state index in [1.165, 1.54) is 5.56 Å². The van der Waals surface area contributed by atoms with Crippen molar-refractivity contribution in [3.63, 3.8) is 0 Å². The third-order valence-corrected chi connectivity index (χ3v) is 6.00. The molecule has 166 valence electrons.